The summed E-state index contributed by atoms with van der Waals surface area (Å²) in [5, 5.41) is 0.377. The maximum atomic E-state index is 12.5. The summed E-state index contributed by atoms with van der Waals surface area (Å²) >= 11 is 7.62. The largest absolute Gasteiger partial charge is 0.398 e. The Bertz CT molecular complexity index is 548. The molecular weight excluding hydrogens is 292 g/mol. The molecule has 1 fully saturated rings. The van der Waals surface area contributed by atoms with Gasteiger partial charge in [-0.1, -0.05) is 11.6 Å². The van der Waals surface area contributed by atoms with Crippen LogP contribution in [0.2, 0.25) is 5.02 Å². The summed E-state index contributed by atoms with van der Waals surface area (Å²) < 4.78 is 26.6. The zero-order chi connectivity index (χ0) is 13.3. The second-order valence-electron chi connectivity index (χ2n) is 4.22. The van der Waals surface area contributed by atoms with Gasteiger partial charge in [-0.15, -0.1) is 0 Å². The molecule has 1 heterocycles. The van der Waals surface area contributed by atoms with Gasteiger partial charge in [-0.3, -0.25) is 0 Å². The van der Waals surface area contributed by atoms with Gasteiger partial charge in [-0.2, -0.15) is 16.1 Å². The SMILES string of the molecule is CC1CSCCN1S(=O)(=O)c1cc(Cl)ccc1N. The lowest BCUT2D eigenvalue weighted by Crippen LogP contribution is -2.44. The van der Waals surface area contributed by atoms with Crippen molar-refractivity contribution >= 4 is 39.1 Å². The van der Waals surface area contributed by atoms with Crippen molar-refractivity contribution in [2.24, 2.45) is 0 Å². The normalized spacial score (nSPS) is 22.0. The number of anilines is 1. The number of rotatable bonds is 2. The molecule has 1 aliphatic rings. The molecular formula is C11H15ClN2O2S2. The molecule has 0 aliphatic carbocycles. The second kappa shape index (κ2) is 5.28. The molecule has 0 amide bonds. The number of hydrogen-bond acceptors (Lipinski definition) is 4. The van der Waals surface area contributed by atoms with Gasteiger partial charge in [0.15, 0.2) is 0 Å². The van der Waals surface area contributed by atoms with E-state index in [2.05, 4.69) is 0 Å². The minimum absolute atomic E-state index is 0.0212. The Morgan fingerprint density at radius 1 is 1.50 bits per heavy atom. The standard InChI is InChI=1S/C11H15ClN2O2S2/c1-8-7-17-5-4-14(8)18(15,16)11-6-9(12)2-3-10(11)13/h2-3,6,8H,4-5,7,13H2,1H3. The zero-order valence-electron chi connectivity index (χ0n) is 9.97. The highest BCUT2D eigenvalue weighted by atomic mass is 35.5. The minimum atomic E-state index is -3.55. The van der Waals surface area contributed by atoms with Crippen LogP contribution >= 0.6 is 23.4 Å². The third kappa shape index (κ3) is 2.61. The van der Waals surface area contributed by atoms with Gasteiger partial charge < -0.3 is 5.73 Å². The summed E-state index contributed by atoms with van der Waals surface area (Å²) in [7, 11) is -3.55. The van der Waals surface area contributed by atoms with Crippen LogP contribution in [0.4, 0.5) is 5.69 Å². The maximum Gasteiger partial charge on any atom is 0.245 e. The molecule has 100 valence electrons. The van der Waals surface area contributed by atoms with Crippen LogP contribution in [0.1, 0.15) is 6.92 Å². The molecule has 7 heteroatoms. The lowest BCUT2D eigenvalue weighted by molar-refractivity contribution is 0.368. The van der Waals surface area contributed by atoms with E-state index in [1.165, 1.54) is 16.4 Å². The second-order valence-corrected chi connectivity index (χ2v) is 7.67. The molecule has 4 nitrogen and oxygen atoms in total. The predicted molar refractivity (Wildman–Crippen MR) is 76.5 cm³/mol. The van der Waals surface area contributed by atoms with E-state index in [1.807, 2.05) is 6.92 Å². The first kappa shape index (κ1) is 14.0. The smallest absolute Gasteiger partial charge is 0.245 e. The Morgan fingerprint density at radius 3 is 2.89 bits per heavy atom. The Morgan fingerprint density at radius 2 is 2.22 bits per heavy atom. The van der Waals surface area contributed by atoms with Crippen molar-refractivity contribution < 1.29 is 8.42 Å². The van der Waals surface area contributed by atoms with Crippen LogP contribution in [-0.4, -0.2) is 36.8 Å². The highest BCUT2D eigenvalue weighted by Crippen LogP contribution is 2.29. The van der Waals surface area contributed by atoms with E-state index in [4.69, 9.17) is 17.3 Å². The average Bonchev–Trinajstić information content (AvgIpc) is 2.32. The van der Waals surface area contributed by atoms with Crippen LogP contribution in [0.3, 0.4) is 0 Å². The Kier molecular flexibility index (Phi) is 4.11. The highest BCUT2D eigenvalue weighted by molar-refractivity contribution is 7.99. The van der Waals surface area contributed by atoms with Crippen LogP contribution in [0.25, 0.3) is 0 Å². The predicted octanol–water partition coefficient (Wildman–Crippen LogP) is 2.05. The fraction of sp³-hybridized carbons (Fsp3) is 0.455. The van der Waals surface area contributed by atoms with Gasteiger partial charge in [0, 0.05) is 29.1 Å². The number of hydrogen-bond donors (Lipinski definition) is 1. The summed E-state index contributed by atoms with van der Waals surface area (Å²) in [6.07, 6.45) is 0. The molecule has 1 aromatic carbocycles. The molecule has 1 atom stereocenters. The highest BCUT2D eigenvalue weighted by Gasteiger charge is 2.32. The van der Waals surface area contributed by atoms with Crippen LogP contribution in [-0.2, 0) is 10.0 Å². The van der Waals surface area contributed by atoms with Crippen LogP contribution in [0, 0.1) is 0 Å². The van der Waals surface area contributed by atoms with Crippen molar-refractivity contribution in [1.29, 1.82) is 0 Å². The molecule has 0 saturated carbocycles. The van der Waals surface area contributed by atoms with Gasteiger partial charge in [0.2, 0.25) is 10.0 Å². The number of nitrogens with two attached hydrogens (primary N) is 1. The Hall–Kier alpha value is -0.430. The third-order valence-electron chi connectivity index (χ3n) is 2.87. The molecule has 1 aliphatic heterocycles. The molecule has 0 bridgehead atoms. The summed E-state index contributed by atoms with van der Waals surface area (Å²) in [4.78, 5) is 0.105. The fourth-order valence-electron chi connectivity index (χ4n) is 1.93. The first-order chi connectivity index (χ1) is 8.43. The molecule has 18 heavy (non-hydrogen) atoms. The van der Waals surface area contributed by atoms with Gasteiger partial charge in [0.25, 0.3) is 0 Å². The number of nitrogen functional groups attached to an aromatic ring is 1. The van der Waals surface area contributed by atoms with E-state index >= 15 is 0 Å². The van der Waals surface area contributed by atoms with Crippen LogP contribution in [0.5, 0.6) is 0 Å². The summed E-state index contributed by atoms with van der Waals surface area (Å²) in [6, 6.07) is 4.51. The van der Waals surface area contributed by atoms with E-state index in [0.29, 0.717) is 11.6 Å². The lowest BCUT2D eigenvalue weighted by atomic mass is 10.3. The van der Waals surface area contributed by atoms with Gasteiger partial charge in [-0.05, 0) is 25.1 Å². The van der Waals surface area contributed by atoms with Crippen molar-refractivity contribution in [2.75, 3.05) is 23.8 Å². The average molecular weight is 307 g/mol. The van der Waals surface area contributed by atoms with E-state index in [1.54, 1.807) is 17.8 Å². The Labute approximate surface area is 117 Å². The van der Waals surface area contributed by atoms with E-state index in [0.717, 1.165) is 11.5 Å². The molecule has 1 saturated heterocycles. The number of thioether (sulfide) groups is 1. The number of sulfonamides is 1. The number of benzene rings is 1. The van der Waals surface area contributed by atoms with Crippen molar-refractivity contribution in [1.82, 2.24) is 4.31 Å². The summed E-state index contributed by atoms with van der Waals surface area (Å²) in [6.45, 7) is 2.42. The quantitative estimate of drug-likeness (QED) is 0.849. The van der Waals surface area contributed by atoms with Gasteiger partial charge in [0.05, 0.1) is 5.69 Å². The third-order valence-corrected chi connectivity index (χ3v) is 6.36. The Balaban J connectivity index is 2.44. The van der Waals surface area contributed by atoms with Gasteiger partial charge in [-0.25, -0.2) is 8.42 Å². The fourth-order valence-corrected chi connectivity index (χ4v) is 5.16. The van der Waals surface area contributed by atoms with Crippen molar-refractivity contribution in [2.45, 2.75) is 17.9 Å². The zero-order valence-corrected chi connectivity index (χ0v) is 12.4. The first-order valence-electron chi connectivity index (χ1n) is 5.57. The summed E-state index contributed by atoms with van der Waals surface area (Å²) in [5.74, 6) is 1.61. The lowest BCUT2D eigenvalue weighted by Gasteiger charge is -2.32. The molecule has 1 aromatic rings. The molecule has 2 rings (SSSR count). The van der Waals surface area contributed by atoms with Crippen molar-refractivity contribution in [3.63, 3.8) is 0 Å². The molecule has 0 spiro atoms. The molecule has 0 radical (unpaired) electrons. The molecule has 2 N–H and O–H groups in total. The minimum Gasteiger partial charge on any atom is -0.398 e. The first-order valence-corrected chi connectivity index (χ1v) is 8.55. The van der Waals surface area contributed by atoms with Gasteiger partial charge >= 0.3 is 0 Å². The maximum absolute atomic E-state index is 12.5. The molecule has 1 unspecified atom stereocenters. The number of halogens is 1. The number of nitrogens with zero attached hydrogens (tertiary/aromatic N) is 1. The van der Waals surface area contributed by atoms with Gasteiger partial charge in [0.1, 0.15) is 4.90 Å². The van der Waals surface area contributed by atoms with Crippen molar-refractivity contribution in [3.8, 4) is 0 Å². The van der Waals surface area contributed by atoms with E-state index < -0.39 is 10.0 Å². The molecule has 0 aromatic heterocycles. The topological polar surface area (TPSA) is 63.4 Å². The summed E-state index contributed by atoms with van der Waals surface area (Å²) in [5.41, 5.74) is 6.00. The van der Waals surface area contributed by atoms with E-state index in [9.17, 15) is 8.42 Å². The monoisotopic (exact) mass is 306 g/mol. The van der Waals surface area contributed by atoms with Crippen molar-refractivity contribution in [3.05, 3.63) is 23.2 Å². The van der Waals surface area contributed by atoms with Crippen LogP contribution < -0.4 is 5.73 Å². The van der Waals surface area contributed by atoms with Crippen LogP contribution in [0.15, 0.2) is 23.1 Å². The van der Waals surface area contributed by atoms with E-state index in [-0.39, 0.29) is 16.6 Å².